The Kier molecular flexibility index (Phi) is 6.23. The van der Waals surface area contributed by atoms with Crippen LogP contribution in [0.4, 0.5) is 11.5 Å². The topological polar surface area (TPSA) is 111 Å². The zero-order chi connectivity index (χ0) is 22.7. The largest absolute Gasteiger partial charge is 0.507 e. The number of para-hydroxylation sites is 1. The van der Waals surface area contributed by atoms with Gasteiger partial charge in [0.25, 0.3) is 0 Å². The molecule has 8 nitrogen and oxygen atoms in total. The van der Waals surface area contributed by atoms with Crippen molar-refractivity contribution in [3.05, 3.63) is 65.7 Å². The predicted molar refractivity (Wildman–Crippen MR) is 122 cm³/mol. The highest BCUT2D eigenvalue weighted by Crippen LogP contribution is 2.36. The van der Waals surface area contributed by atoms with Gasteiger partial charge >= 0.3 is 5.97 Å². The first-order chi connectivity index (χ1) is 15.5. The molecule has 3 N–H and O–H groups in total. The van der Waals surface area contributed by atoms with Crippen LogP contribution in [0, 0.1) is 0 Å². The van der Waals surface area contributed by atoms with Crippen LogP contribution < -0.4 is 10.6 Å². The van der Waals surface area contributed by atoms with Gasteiger partial charge in [-0.15, -0.1) is 10.2 Å². The van der Waals surface area contributed by atoms with Gasteiger partial charge in [-0.25, -0.2) is 4.79 Å². The molecule has 0 saturated carbocycles. The number of methoxy groups -OCH3 is 2. The van der Waals surface area contributed by atoms with Gasteiger partial charge in [0.2, 0.25) is 0 Å². The van der Waals surface area contributed by atoms with Crippen LogP contribution in [-0.2, 0) is 9.47 Å². The molecule has 1 aliphatic heterocycles. The number of nitrogens with two attached hydrogens (primary N) is 1. The van der Waals surface area contributed by atoms with E-state index >= 15 is 0 Å². The van der Waals surface area contributed by atoms with E-state index in [-0.39, 0.29) is 23.7 Å². The second-order valence-electron chi connectivity index (χ2n) is 7.75. The van der Waals surface area contributed by atoms with Gasteiger partial charge in [0.15, 0.2) is 5.82 Å². The van der Waals surface area contributed by atoms with E-state index in [0.29, 0.717) is 29.2 Å². The Labute approximate surface area is 186 Å². The van der Waals surface area contributed by atoms with Gasteiger partial charge in [0.05, 0.1) is 30.2 Å². The molecule has 1 fully saturated rings. The van der Waals surface area contributed by atoms with Crippen molar-refractivity contribution in [3.8, 4) is 17.0 Å². The summed E-state index contributed by atoms with van der Waals surface area (Å²) in [6.45, 7) is 1.40. The number of phenolic OH excluding ortho intramolecular Hbond substituents is 1. The van der Waals surface area contributed by atoms with E-state index in [4.69, 9.17) is 15.2 Å². The molecular formula is C24H26N4O4. The SMILES string of the molecule is COC(=O)c1ccc([C@@H]2CN(c3cc(-c4ccccc4O)nnc3N)CC[C@@H]2OC)cc1. The molecule has 0 radical (unpaired) electrons. The molecule has 1 aromatic heterocycles. The number of phenols is 1. The highest BCUT2D eigenvalue weighted by atomic mass is 16.5. The molecule has 4 rings (SSSR count). The van der Waals surface area contributed by atoms with E-state index < -0.39 is 0 Å². The molecule has 166 valence electrons. The third kappa shape index (κ3) is 4.22. The number of rotatable bonds is 5. The highest BCUT2D eigenvalue weighted by molar-refractivity contribution is 5.89. The van der Waals surface area contributed by atoms with E-state index in [1.807, 2.05) is 24.3 Å². The molecule has 0 aliphatic carbocycles. The molecule has 3 aromatic rings. The normalized spacial score (nSPS) is 18.4. The fraction of sp³-hybridized carbons (Fsp3) is 0.292. The number of piperidine rings is 1. The molecule has 0 amide bonds. The first kappa shape index (κ1) is 21.6. The predicted octanol–water partition coefficient (Wildman–Crippen LogP) is 3.23. The maximum Gasteiger partial charge on any atom is 0.337 e. The second-order valence-corrected chi connectivity index (χ2v) is 7.75. The third-order valence-electron chi connectivity index (χ3n) is 5.93. The number of aromatic hydroxyl groups is 1. The zero-order valence-electron chi connectivity index (χ0n) is 18.1. The number of aromatic nitrogens is 2. The first-order valence-electron chi connectivity index (χ1n) is 10.4. The second kappa shape index (κ2) is 9.23. The Balaban J connectivity index is 1.63. The van der Waals surface area contributed by atoms with Crippen molar-refractivity contribution in [3.63, 3.8) is 0 Å². The van der Waals surface area contributed by atoms with E-state index in [0.717, 1.165) is 24.2 Å². The fourth-order valence-corrected chi connectivity index (χ4v) is 4.20. The summed E-state index contributed by atoms with van der Waals surface area (Å²) < 4.78 is 10.6. The van der Waals surface area contributed by atoms with Gasteiger partial charge in [-0.3, -0.25) is 0 Å². The summed E-state index contributed by atoms with van der Waals surface area (Å²) in [6.07, 6.45) is 0.831. The van der Waals surface area contributed by atoms with Crippen LogP contribution in [-0.4, -0.2) is 54.7 Å². The van der Waals surface area contributed by atoms with Crippen LogP contribution in [0.15, 0.2) is 54.6 Å². The van der Waals surface area contributed by atoms with Gasteiger partial charge in [-0.05, 0) is 42.3 Å². The smallest absolute Gasteiger partial charge is 0.337 e. The Bertz CT molecular complexity index is 1100. The summed E-state index contributed by atoms with van der Waals surface area (Å²) in [5, 5.41) is 18.5. The average Bonchev–Trinajstić information content (AvgIpc) is 2.84. The Morgan fingerprint density at radius 1 is 1.12 bits per heavy atom. The Morgan fingerprint density at radius 2 is 1.88 bits per heavy atom. The monoisotopic (exact) mass is 434 g/mol. The number of benzene rings is 2. The van der Waals surface area contributed by atoms with Crippen molar-refractivity contribution >= 4 is 17.5 Å². The van der Waals surface area contributed by atoms with Crippen molar-refractivity contribution in [1.29, 1.82) is 0 Å². The fourth-order valence-electron chi connectivity index (χ4n) is 4.20. The molecule has 0 bridgehead atoms. The van der Waals surface area contributed by atoms with Crippen LogP contribution in [0.2, 0.25) is 0 Å². The first-order valence-corrected chi connectivity index (χ1v) is 10.4. The van der Waals surface area contributed by atoms with Crippen molar-refractivity contribution in [2.45, 2.75) is 18.4 Å². The van der Waals surface area contributed by atoms with Crippen LogP contribution in [0.25, 0.3) is 11.3 Å². The Hall–Kier alpha value is -3.65. The number of carbonyl (C=O) groups excluding carboxylic acids is 1. The number of nitrogen functional groups attached to an aromatic ring is 1. The van der Waals surface area contributed by atoms with Gasteiger partial charge in [-0.1, -0.05) is 24.3 Å². The quantitative estimate of drug-likeness (QED) is 0.589. The van der Waals surface area contributed by atoms with Crippen LogP contribution in [0.1, 0.15) is 28.3 Å². The number of hydrogen-bond donors (Lipinski definition) is 2. The zero-order valence-corrected chi connectivity index (χ0v) is 18.1. The summed E-state index contributed by atoms with van der Waals surface area (Å²) in [6, 6.07) is 16.3. The molecule has 8 heteroatoms. The van der Waals surface area contributed by atoms with Gasteiger partial charge in [0.1, 0.15) is 5.75 Å². The van der Waals surface area contributed by atoms with E-state index in [9.17, 15) is 9.90 Å². The number of anilines is 2. The van der Waals surface area contributed by atoms with Crippen LogP contribution in [0.5, 0.6) is 5.75 Å². The lowest BCUT2D eigenvalue weighted by molar-refractivity contribution is 0.0600. The molecular weight excluding hydrogens is 408 g/mol. The number of esters is 1. The number of hydrogen-bond acceptors (Lipinski definition) is 8. The maximum absolute atomic E-state index is 11.8. The minimum absolute atomic E-state index is 0.0314. The minimum atomic E-state index is -0.363. The van der Waals surface area contributed by atoms with Gasteiger partial charge in [-0.2, -0.15) is 0 Å². The Morgan fingerprint density at radius 3 is 2.56 bits per heavy atom. The van der Waals surface area contributed by atoms with Gasteiger partial charge < -0.3 is 25.2 Å². The summed E-state index contributed by atoms with van der Waals surface area (Å²) >= 11 is 0. The van der Waals surface area contributed by atoms with E-state index in [1.54, 1.807) is 37.4 Å². The minimum Gasteiger partial charge on any atom is -0.507 e. The van der Waals surface area contributed by atoms with Crippen molar-refractivity contribution in [2.24, 2.45) is 0 Å². The molecule has 2 atom stereocenters. The number of ether oxygens (including phenoxy) is 2. The number of nitrogens with zero attached hydrogens (tertiary/aromatic N) is 3. The van der Waals surface area contributed by atoms with Crippen molar-refractivity contribution < 1.29 is 19.4 Å². The summed E-state index contributed by atoms with van der Waals surface area (Å²) in [5.74, 6) is 0.179. The molecule has 0 spiro atoms. The van der Waals surface area contributed by atoms with Crippen molar-refractivity contribution in [1.82, 2.24) is 10.2 Å². The lowest BCUT2D eigenvalue weighted by atomic mass is 9.87. The summed E-state index contributed by atoms with van der Waals surface area (Å²) in [5.41, 5.74) is 9.69. The molecule has 1 aliphatic rings. The molecule has 1 saturated heterocycles. The lowest BCUT2D eigenvalue weighted by Gasteiger charge is -2.39. The lowest BCUT2D eigenvalue weighted by Crippen LogP contribution is -2.43. The molecule has 32 heavy (non-hydrogen) atoms. The highest BCUT2D eigenvalue weighted by Gasteiger charge is 2.32. The molecule has 2 heterocycles. The van der Waals surface area contributed by atoms with E-state index in [2.05, 4.69) is 15.1 Å². The molecule has 2 aromatic carbocycles. The maximum atomic E-state index is 11.8. The number of carbonyl (C=O) groups is 1. The summed E-state index contributed by atoms with van der Waals surface area (Å²) in [4.78, 5) is 13.9. The van der Waals surface area contributed by atoms with Crippen LogP contribution in [0.3, 0.4) is 0 Å². The van der Waals surface area contributed by atoms with Crippen molar-refractivity contribution in [2.75, 3.05) is 37.9 Å². The van der Waals surface area contributed by atoms with Crippen LogP contribution >= 0.6 is 0 Å². The third-order valence-corrected chi connectivity index (χ3v) is 5.93. The molecule has 0 unspecified atom stereocenters. The van der Waals surface area contributed by atoms with E-state index in [1.165, 1.54) is 7.11 Å². The van der Waals surface area contributed by atoms with Gasteiger partial charge in [0, 0.05) is 31.7 Å². The standard InChI is InChI=1S/C24H26N4O4/c1-31-22-11-12-28(14-18(22)15-7-9-16(10-8-15)24(30)32-2)20-13-19(26-27-23(20)25)17-5-3-4-6-21(17)29/h3-10,13,18,22,29H,11-12,14H2,1-2H3,(H2,25,27)/t18-,22-/m0/s1. The average molecular weight is 434 g/mol. The summed E-state index contributed by atoms with van der Waals surface area (Å²) in [7, 11) is 3.08.